The molecular formula is C13H14N2O2. The van der Waals surface area contributed by atoms with Crippen molar-refractivity contribution < 1.29 is 9.53 Å². The van der Waals surface area contributed by atoms with Crippen LogP contribution in [0.2, 0.25) is 0 Å². The largest absolute Gasteiger partial charge is 0.465 e. The molecule has 0 saturated heterocycles. The molecule has 0 spiro atoms. The van der Waals surface area contributed by atoms with Gasteiger partial charge in [0.1, 0.15) is 6.07 Å². The Kier molecular flexibility index (Phi) is 4.77. The van der Waals surface area contributed by atoms with Crippen LogP contribution in [-0.2, 0) is 16.1 Å². The average molecular weight is 230 g/mol. The molecule has 0 aliphatic heterocycles. The van der Waals surface area contributed by atoms with E-state index >= 15 is 0 Å². The highest BCUT2D eigenvalue weighted by Gasteiger charge is 2.07. The summed E-state index contributed by atoms with van der Waals surface area (Å²) in [7, 11) is 1.24. The number of carbonyl (C=O) groups is 1. The molecule has 4 heteroatoms. The summed E-state index contributed by atoms with van der Waals surface area (Å²) in [6.45, 7) is 2.57. The van der Waals surface area contributed by atoms with Crippen molar-refractivity contribution >= 4 is 5.97 Å². The van der Waals surface area contributed by atoms with Crippen LogP contribution in [0.15, 0.2) is 36.0 Å². The minimum absolute atomic E-state index is 0.0420. The molecule has 0 radical (unpaired) electrons. The lowest BCUT2D eigenvalue weighted by Gasteiger charge is -2.02. The summed E-state index contributed by atoms with van der Waals surface area (Å²) in [5.41, 5.74) is 2.23. The second kappa shape index (κ2) is 6.33. The van der Waals surface area contributed by atoms with Crippen LogP contribution in [0.25, 0.3) is 0 Å². The molecule has 0 saturated carbocycles. The zero-order valence-electron chi connectivity index (χ0n) is 9.86. The van der Waals surface area contributed by atoms with Crippen LogP contribution in [0, 0.1) is 18.3 Å². The summed E-state index contributed by atoms with van der Waals surface area (Å²) in [5, 5.41) is 11.6. The quantitative estimate of drug-likeness (QED) is 0.485. The van der Waals surface area contributed by atoms with E-state index in [0.717, 1.165) is 5.56 Å². The predicted octanol–water partition coefficient (Wildman–Crippen LogP) is 1.67. The van der Waals surface area contributed by atoms with Crippen molar-refractivity contribution in [2.75, 3.05) is 7.11 Å². The van der Waals surface area contributed by atoms with E-state index in [1.165, 1.54) is 18.9 Å². The maximum absolute atomic E-state index is 11.1. The molecule has 1 aromatic carbocycles. The standard InChI is InChI=1S/C13H14N2O2/c1-10-3-5-11(6-4-10)8-15-9-12(7-14)13(16)17-2/h3-6,9,15H,8H2,1-2H3/b12-9-. The molecule has 0 bridgehead atoms. The van der Waals surface area contributed by atoms with Crippen molar-refractivity contribution in [1.29, 1.82) is 5.26 Å². The number of carbonyl (C=O) groups excluding carboxylic acids is 1. The zero-order valence-corrected chi connectivity index (χ0v) is 9.86. The molecule has 1 rings (SSSR count). The van der Waals surface area contributed by atoms with Gasteiger partial charge in [-0.25, -0.2) is 4.79 Å². The minimum atomic E-state index is -0.635. The van der Waals surface area contributed by atoms with Crippen molar-refractivity contribution in [3.05, 3.63) is 47.2 Å². The molecule has 0 aromatic heterocycles. The summed E-state index contributed by atoms with van der Waals surface area (Å²) >= 11 is 0. The van der Waals surface area contributed by atoms with Gasteiger partial charge < -0.3 is 10.1 Å². The highest BCUT2D eigenvalue weighted by molar-refractivity contribution is 5.92. The fraction of sp³-hybridized carbons (Fsp3) is 0.231. The van der Waals surface area contributed by atoms with E-state index in [1.54, 1.807) is 6.07 Å². The molecule has 0 aliphatic carbocycles. The van der Waals surface area contributed by atoms with Gasteiger partial charge in [0.05, 0.1) is 7.11 Å². The van der Waals surface area contributed by atoms with E-state index in [2.05, 4.69) is 10.1 Å². The second-order valence-electron chi connectivity index (χ2n) is 3.53. The van der Waals surface area contributed by atoms with Gasteiger partial charge in [0.15, 0.2) is 5.57 Å². The van der Waals surface area contributed by atoms with Crippen molar-refractivity contribution in [2.45, 2.75) is 13.5 Å². The first kappa shape index (κ1) is 12.8. The summed E-state index contributed by atoms with van der Waals surface area (Å²) in [4.78, 5) is 11.1. The Morgan fingerprint density at radius 3 is 2.65 bits per heavy atom. The van der Waals surface area contributed by atoms with Crippen molar-refractivity contribution in [3.8, 4) is 6.07 Å². The van der Waals surface area contributed by atoms with Crippen LogP contribution in [0.1, 0.15) is 11.1 Å². The number of aryl methyl sites for hydroxylation is 1. The molecule has 17 heavy (non-hydrogen) atoms. The molecule has 0 aliphatic rings. The molecule has 0 atom stereocenters. The molecule has 4 nitrogen and oxygen atoms in total. The fourth-order valence-corrected chi connectivity index (χ4v) is 1.22. The first-order chi connectivity index (χ1) is 8.17. The van der Waals surface area contributed by atoms with E-state index < -0.39 is 5.97 Å². The third-order valence-corrected chi connectivity index (χ3v) is 2.20. The summed E-state index contributed by atoms with van der Waals surface area (Å²) in [6, 6.07) is 9.76. The number of ether oxygens (including phenoxy) is 1. The van der Waals surface area contributed by atoms with Crippen LogP contribution in [0.3, 0.4) is 0 Å². The fourth-order valence-electron chi connectivity index (χ4n) is 1.22. The topological polar surface area (TPSA) is 62.1 Å². The predicted molar refractivity (Wildman–Crippen MR) is 63.7 cm³/mol. The number of hydrogen-bond acceptors (Lipinski definition) is 4. The van der Waals surface area contributed by atoms with Gasteiger partial charge >= 0.3 is 5.97 Å². The van der Waals surface area contributed by atoms with Crippen molar-refractivity contribution in [1.82, 2.24) is 5.32 Å². The number of esters is 1. The van der Waals surface area contributed by atoms with Gasteiger partial charge in [-0.05, 0) is 12.5 Å². The van der Waals surface area contributed by atoms with Gasteiger partial charge in [0.2, 0.25) is 0 Å². The Labute approximate surface area is 101 Å². The van der Waals surface area contributed by atoms with E-state index in [-0.39, 0.29) is 5.57 Å². The number of benzene rings is 1. The number of hydrogen-bond donors (Lipinski definition) is 1. The molecule has 0 unspecified atom stereocenters. The van der Waals surface area contributed by atoms with Gasteiger partial charge in [-0.15, -0.1) is 0 Å². The van der Waals surface area contributed by atoms with Gasteiger partial charge in [-0.3, -0.25) is 0 Å². The second-order valence-corrected chi connectivity index (χ2v) is 3.53. The Bertz CT molecular complexity index is 455. The van der Waals surface area contributed by atoms with Crippen LogP contribution in [0.4, 0.5) is 0 Å². The van der Waals surface area contributed by atoms with Gasteiger partial charge in [0, 0.05) is 12.7 Å². The van der Waals surface area contributed by atoms with Gasteiger partial charge in [-0.1, -0.05) is 29.8 Å². The van der Waals surface area contributed by atoms with Gasteiger partial charge in [-0.2, -0.15) is 5.26 Å². The Morgan fingerprint density at radius 2 is 2.12 bits per heavy atom. The smallest absolute Gasteiger partial charge is 0.350 e. The average Bonchev–Trinajstić information content (AvgIpc) is 2.36. The Morgan fingerprint density at radius 1 is 1.47 bits per heavy atom. The minimum Gasteiger partial charge on any atom is -0.465 e. The monoisotopic (exact) mass is 230 g/mol. The van der Waals surface area contributed by atoms with Gasteiger partial charge in [0.25, 0.3) is 0 Å². The molecule has 0 amide bonds. The molecule has 0 heterocycles. The molecule has 0 fully saturated rings. The van der Waals surface area contributed by atoms with Crippen LogP contribution < -0.4 is 5.32 Å². The summed E-state index contributed by atoms with van der Waals surface area (Å²) in [5.74, 6) is -0.635. The normalized spacial score (nSPS) is 10.5. The van der Waals surface area contributed by atoms with Crippen LogP contribution in [-0.4, -0.2) is 13.1 Å². The Hall–Kier alpha value is -2.28. The lowest BCUT2D eigenvalue weighted by molar-refractivity contribution is -0.135. The summed E-state index contributed by atoms with van der Waals surface area (Å²) < 4.78 is 4.45. The number of nitrogens with one attached hydrogen (secondary N) is 1. The van der Waals surface area contributed by atoms with E-state index in [0.29, 0.717) is 6.54 Å². The lowest BCUT2D eigenvalue weighted by atomic mass is 10.1. The van der Waals surface area contributed by atoms with Crippen molar-refractivity contribution in [3.63, 3.8) is 0 Å². The van der Waals surface area contributed by atoms with E-state index in [1.807, 2.05) is 31.2 Å². The third-order valence-electron chi connectivity index (χ3n) is 2.20. The number of rotatable bonds is 4. The zero-order chi connectivity index (χ0) is 12.7. The first-order valence-electron chi connectivity index (χ1n) is 5.15. The SMILES string of the molecule is COC(=O)/C(C#N)=C\NCc1ccc(C)cc1. The van der Waals surface area contributed by atoms with Crippen LogP contribution >= 0.6 is 0 Å². The molecular weight excluding hydrogens is 216 g/mol. The highest BCUT2D eigenvalue weighted by atomic mass is 16.5. The number of nitrogens with zero attached hydrogens (tertiary/aromatic N) is 1. The lowest BCUT2D eigenvalue weighted by Crippen LogP contribution is -2.10. The first-order valence-corrected chi connectivity index (χ1v) is 5.15. The molecule has 88 valence electrons. The van der Waals surface area contributed by atoms with Crippen molar-refractivity contribution in [2.24, 2.45) is 0 Å². The maximum Gasteiger partial charge on any atom is 0.350 e. The third kappa shape index (κ3) is 3.99. The Balaban J connectivity index is 2.57. The van der Waals surface area contributed by atoms with Crippen LogP contribution in [0.5, 0.6) is 0 Å². The maximum atomic E-state index is 11.1. The van der Waals surface area contributed by atoms with E-state index in [9.17, 15) is 4.79 Å². The highest BCUT2D eigenvalue weighted by Crippen LogP contribution is 2.02. The van der Waals surface area contributed by atoms with E-state index in [4.69, 9.17) is 5.26 Å². The number of nitriles is 1. The molecule has 1 aromatic rings. The number of methoxy groups -OCH3 is 1. The summed E-state index contributed by atoms with van der Waals surface area (Å²) in [6.07, 6.45) is 1.37. The molecule has 1 N–H and O–H groups in total.